The molecule has 0 radical (unpaired) electrons. The van der Waals surface area contributed by atoms with E-state index in [0.29, 0.717) is 28.5 Å². The van der Waals surface area contributed by atoms with E-state index in [1.54, 1.807) is 38.5 Å². The molecule has 8 heteroatoms. The first-order chi connectivity index (χ1) is 15.5. The highest BCUT2D eigenvalue weighted by molar-refractivity contribution is 6.03. The third-order valence-electron chi connectivity index (χ3n) is 4.98. The summed E-state index contributed by atoms with van der Waals surface area (Å²) in [5.41, 5.74) is 2.72. The number of fused-ring (bicyclic) bond motifs is 1. The molecule has 0 amide bonds. The van der Waals surface area contributed by atoms with Crippen LogP contribution < -0.4 is 9.47 Å². The van der Waals surface area contributed by atoms with Gasteiger partial charge in [0.15, 0.2) is 18.1 Å². The van der Waals surface area contributed by atoms with E-state index in [1.807, 2.05) is 38.1 Å². The number of ether oxygens (including phenoxy) is 3. The Morgan fingerprint density at radius 1 is 1.00 bits per heavy atom. The van der Waals surface area contributed by atoms with E-state index in [4.69, 9.17) is 18.7 Å². The van der Waals surface area contributed by atoms with E-state index >= 15 is 0 Å². The van der Waals surface area contributed by atoms with Gasteiger partial charge < -0.3 is 18.7 Å². The highest BCUT2D eigenvalue weighted by atomic mass is 16.6. The molecular weight excluding hydrogens is 410 g/mol. The number of benzene rings is 2. The minimum Gasteiger partial charge on any atom is -0.493 e. The van der Waals surface area contributed by atoms with Crippen LogP contribution in [0.15, 0.2) is 53.1 Å². The van der Waals surface area contributed by atoms with E-state index in [0.717, 1.165) is 16.6 Å². The Kier molecular flexibility index (Phi) is 6.02. The fraction of sp³-hybridized carbons (Fsp3) is 0.250. The van der Waals surface area contributed by atoms with Gasteiger partial charge in [-0.1, -0.05) is 37.2 Å². The van der Waals surface area contributed by atoms with E-state index in [9.17, 15) is 4.79 Å². The molecule has 2 aromatic carbocycles. The Morgan fingerprint density at radius 2 is 1.78 bits per heavy atom. The smallest absolute Gasteiger partial charge is 0.339 e. The molecule has 164 valence electrons. The molecule has 0 atom stereocenters. The molecule has 4 aromatic rings. The van der Waals surface area contributed by atoms with Crippen molar-refractivity contribution < 1.29 is 23.5 Å². The Balaban J connectivity index is 1.53. The van der Waals surface area contributed by atoms with Crippen LogP contribution in [-0.2, 0) is 11.3 Å². The predicted octanol–water partition coefficient (Wildman–Crippen LogP) is 4.78. The standard InChI is InChI=1S/C24H23N3O5/c1-14(2)19-12-17(16-7-5-6-8-18(16)25-19)24(28)31-13-22-26-23(27-32-22)15-9-10-20(29-3)21(11-15)30-4/h5-12,14H,13H2,1-4H3. The van der Waals surface area contributed by atoms with Gasteiger partial charge >= 0.3 is 5.97 Å². The summed E-state index contributed by atoms with van der Waals surface area (Å²) in [5.74, 6) is 1.38. The fourth-order valence-corrected chi connectivity index (χ4v) is 3.27. The van der Waals surface area contributed by atoms with Gasteiger partial charge in [-0.2, -0.15) is 4.98 Å². The summed E-state index contributed by atoms with van der Waals surface area (Å²) in [7, 11) is 3.12. The quantitative estimate of drug-likeness (QED) is 0.384. The van der Waals surface area contributed by atoms with Gasteiger partial charge in [0.2, 0.25) is 5.82 Å². The van der Waals surface area contributed by atoms with E-state index in [-0.39, 0.29) is 18.4 Å². The maximum absolute atomic E-state index is 12.9. The monoisotopic (exact) mass is 433 g/mol. The van der Waals surface area contributed by atoms with E-state index in [1.165, 1.54) is 0 Å². The summed E-state index contributed by atoms with van der Waals surface area (Å²) in [6.07, 6.45) is 0. The molecule has 0 aliphatic rings. The Labute approximate surface area is 185 Å². The second-order valence-electron chi connectivity index (χ2n) is 7.42. The average Bonchev–Trinajstić information content (AvgIpc) is 3.30. The van der Waals surface area contributed by atoms with Crippen molar-refractivity contribution in [3.63, 3.8) is 0 Å². The molecule has 0 aliphatic carbocycles. The number of carbonyl (C=O) groups is 1. The molecule has 8 nitrogen and oxygen atoms in total. The number of rotatable bonds is 7. The number of hydrogen-bond acceptors (Lipinski definition) is 8. The second-order valence-corrected chi connectivity index (χ2v) is 7.42. The van der Waals surface area contributed by atoms with Gasteiger partial charge in [0, 0.05) is 16.6 Å². The molecule has 0 fully saturated rings. The van der Waals surface area contributed by atoms with Crippen LogP contribution in [0, 0.1) is 0 Å². The largest absolute Gasteiger partial charge is 0.493 e. The number of aromatic nitrogens is 3. The van der Waals surface area contributed by atoms with Crippen molar-refractivity contribution in [1.29, 1.82) is 0 Å². The zero-order chi connectivity index (χ0) is 22.7. The van der Waals surface area contributed by atoms with Crippen molar-refractivity contribution in [2.75, 3.05) is 14.2 Å². The summed E-state index contributed by atoms with van der Waals surface area (Å²) in [6, 6.07) is 14.6. The molecule has 0 unspecified atom stereocenters. The lowest BCUT2D eigenvalue weighted by Crippen LogP contribution is -2.08. The highest BCUT2D eigenvalue weighted by Crippen LogP contribution is 2.31. The molecule has 0 saturated carbocycles. The number of pyridine rings is 1. The van der Waals surface area contributed by atoms with Crippen LogP contribution in [0.1, 0.15) is 41.7 Å². The summed E-state index contributed by atoms with van der Waals surface area (Å²) in [6.45, 7) is 3.91. The van der Waals surface area contributed by atoms with E-state index < -0.39 is 5.97 Å². The van der Waals surface area contributed by atoms with Crippen molar-refractivity contribution in [1.82, 2.24) is 15.1 Å². The van der Waals surface area contributed by atoms with Crippen LogP contribution in [0.25, 0.3) is 22.3 Å². The van der Waals surface area contributed by atoms with Crippen LogP contribution in [0.3, 0.4) is 0 Å². The zero-order valence-corrected chi connectivity index (χ0v) is 18.3. The molecule has 0 bridgehead atoms. The lowest BCUT2D eigenvalue weighted by molar-refractivity contribution is 0.0432. The van der Waals surface area contributed by atoms with Gasteiger partial charge in [-0.05, 0) is 36.2 Å². The number of methoxy groups -OCH3 is 2. The number of nitrogens with zero attached hydrogens (tertiary/aromatic N) is 3. The second kappa shape index (κ2) is 9.05. The predicted molar refractivity (Wildman–Crippen MR) is 118 cm³/mol. The molecular formula is C24H23N3O5. The van der Waals surface area contributed by atoms with Gasteiger partial charge in [-0.3, -0.25) is 4.98 Å². The van der Waals surface area contributed by atoms with Crippen LogP contribution in [0.2, 0.25) is 0 Å². The van der Waals surface area contributed by atoms with Crippen molar-refractivity contribution >= 4 is 16.9 Å². The lowest BCUT2D eigenvalue weighted by Gasteiger charge is -2.11. The minimum atomic E-state index is -0.476. The Hall–Kier alpha value is -3.94. The minimum absolute atomic E-state index is 0.146. The first-order valence-electron chi connectivity index (χ1n) is 10.1. The van der Waals surface area contributed by atoms with Crippen molar-refractivity contribution in [2.45, 2.75) is 26.4 Å². The molecule has 4 rings (SSSR count). The zero-order valence-electron chi connectivity index (χ0n) is 18.3. The topological polar surface area (TPSA) is 96.6 Å². The third kappa shape index (κ3) is 4.25. The van der Waals surface area contributed by atoms with Crippen molar-refractivity contribution in [3.8, 4) is 22.9 Å². The summed E-state index contributed by atoms with van der Waals surface area (Å²) >= 11 is 0. The first-order valence-corrected chi connectivity index (χ1v) is 10.1. The fourth-order valence-electron chi connectivity index (χ4n) is 3.27. The van der Waals surface area contributed by atoms with Crippen molar-refractivity contribution in [3.05, 3.63) is 65.7 Å². The first kappa shape index (κ1) is 21.3. The maximum Gasteiger partial charge on any atom is 0.339 e. The normalized spacial score (nSPS) is 11.0. The summed E-state index contributed by atoms with van der Waals surface area (Å²) in [5, 5.41) is 4.71. The molecule has 2 aromatic heterocycles. The molecule has 0 N–H and O–H groups in total. The summed E-state index contributed by atoms with van der Waals surface area (Å²) < 4.78 is 21.3. The van der Waals surface area contributed by atoms with Gasteiger partial charge in [0.1, 0.15) is 0 Å². The van der Waals surface area contributed by atoms with Crippen LogP contribution in [0.5, 0.6) is 11.5 Å². The number of carbonyl (C=O) groups excluding carboxylic acids is 1. The Bertz CT molecular complexity index is 1270. The lowest BCUT2D eigenvalue weighted by atomic mass is 10.0. The Morgan fingerprint density at radius 3 is 2.53 bits per heavy atom. The van der Waals surface area contributed by atoms with Gasteiger partial charge in [-0.25, -0.2) is 4.79 Å². The van der Waals surface area contributed by atoms with Gasteiger partial charge in [0.25, 0.3) is 5.89 Å². The number of esters is 1. The van der Waals surface area contributed by atoms with Crippen LogP contribution in [-0.4, -0.2) is 35.3 Å². The number of para-hydroxylation sites is 1. The molecule has 0 aliphatic heterocycles. The maximum atomic E-state index is 12.9. The number of hydrogen-bond donors (Lipinski definition) is 0. The van der Waals surface area contributed by atoms with Gasteiger partial charge in [-0.15, -0.1) is 0 Å². The summed E-state index contributed by atoms with van der Waals surface area (Å²) in [4.78, 5) is 21.8. The molecule has 32 heavy (non-hydrogen) atoms. The third-order valence-corrected chi connectivity index (χ3v) is 4.98. The average molecular weight is 433 g/mol. The van der Waals surface area contributed by atoms with Gasteiger partial charge in [0.05, 0.1) is 25.3 Å². The SMILES string of the molecule is COc1ccc(-c2noc(COC(=O)c3cc(C(C)C)nc4ccccc34)n2)cc1OC. The molecule has 0 spiro atoms. The van der Waals surface area contributed by atoms with Crippen molar-refractivity contribution in [2.24, 2.45) is 0 Å². The molecule has 0 saturated heterocycles. The van der Waals surface area contributed by atoms with E-state index in [2.05, 4.69) is 15.1 Å². The van der Waals surface area contributed by atoms with Crippen LogP contribution in [0.4, 0.5) is 0 Å². The van der Waals surface area contributed by atoms with Crippen LogP contribution >= 0.6 is 0 Å². The highest BCUT2D eigenvalue weighted by Gasteiger charge is 2.18. The molecule has 2 heterocycles.